The molecule has 35 heavy (non-hydrogen) atoms. The van der Waals surface area contributed by atoms with Gasteiger partial charge in [-0.05, 0) is 77.1 Å². The lowest BCUT2D eigenvalue weighted by atomic mass is 9.62. The molecule has 1 aliphatic rings. The highest BCUT2D eigenvalue weighted by molar-refractivity contribution is 5.86. The predicted octanol–water partition coefficient (Wildman–Crippen LogP) is 7.35. The number of aliphatic carboxylic acids is 1. The molecule has 0 amide bonds. The number of carboxylic acid groups (broad SMARTS) is 1. The molecule has 2 aromatic carbocycles. The van der Waals surface area contributed by atoms with E-state index in [4.69, 9.17) is 19.3 Å². The van der Waals surface area contributed by atoms with Crippen molar-refractivity contribution >= 4 is 12.0 Å². The van der Waals surface area contributed by atoms with Gasteiger partial charge in [0.25, 0.3) is 0 Å². The summed E-state index contributed by atoms with van der Waals surface area (Å²) in [6.45, 7) is 12.2. The molecule has 0 fully saturated rings. The summed E-state index contributed by atoms with van der Waals surface area (Å²) in [5, 5.41) is 9.11. The number of hydrogen-bond donors (Lipinski definition) is 1. The lowest BCUT2D eigenvalue weighted by Crippen LogP contribution is -2.34. The molecule has 0 heterocycles. The van der Waals surface area contributed by atoms with Crippen LogP contribution in [0.2, 0.25) is 0 Å². The number of rotatable bonds is 11. The molecular formula is C30H40O5. The van der Waals surface area contributed by atoms with E-state index >= 15 is 0 Å². The van der Waals surface area contributed by atoms with Crippen LogP contribution < -0.4 is 9.47 Å². The van der Waals surface area contributed by atoms with Crippen molar-refractivity contribution in [1.29, 1.82) is 0 Å². The van der Waals surface area contributed by atoms with Gasteiger partial charge in [0, 0.05) is 24.3 Å². The van der Waals surface area contributed by atoms with Crippen LogP contribution in [-0.2, 0) is 20.4 Å². The number of benzene rings is 2. The van der Waals surface area contributed by atoms with Crippen molar-refractivity contribution in [3.05, 3.63) is 53.1 Å². The highest BCUT2D eigenvalue weighted by Gasteiger charge is 2.38. The summed E-state index contributed by atoms with van der Waals surface area (Å²) in [6.07, 6.45) is 8.23. The monoisotopic (exact) mass is 480 g/mol. The molecule has 0 bridgehead atoms. The molecule has 0 unspecified atom stereocenters. The first-order valence-electron chi connectivity index (χ1n) is 12.6. The summed E-state index contributed by atoms with van der Waals surface area (Å²) in [4.78, 5) is 11.1. The maximum Gasteiger partial charge on any atom is 0.328 e. The number of methoxy groups -OCH3 is 1. The highest BCUT2D eigenvalue weighted by Crippen LogP contribution is 2.50. The van der Waals surface area contributed by atoms with Gasteiger partial charge in [-0.1, -0.05) is 53.5 Å². The molecule has 0 aliphatic heterocycles. The molecule has 0 radical (unpaired) electrons. The Morgan fingerprint density at radius 2 is 1.60 bits per heavy atom. The molecule has 2 aromatic rings. The average molecular weight is 481 g/mol. The molecule has 0 saturated carbocycles. The first kappa shape index (κ1) is 26.8. The minimum absolute atomic E-state index is 0.0364. The summed E-state index contributed by atoms with van der Waals surface area (Å²) >= 11 is 0. The van der Waals surface area contributed by atoms with E-state index in [1.165, 1.54) is 11.1 Å². The van der Waals surface area contributed by atoms with Crippen LogP contribution in [0.3, 0.4) is 0 Å². The lowest BCUT2D eigenvalue weighted by Gasteiger charge is -2.42. The van der Waals surface area contributed by atoms with Crippen molar-refractivity contribution in [3.63, 3.8) is 0 Å². The number of unbranched alkanes of at least 4 members (excludes halogenated alkanes) is 2. The molecule has 3 rings (SSSR count). The molecule has 0 spiro atoms. The quantitative estimate of drug-likeness (QED) is 0.207. The van der Waals surface area contributed by atoms with E-state index in [0.29, 0.717) is 12.4 Å². The van der Waals surface area contributed by atoms with E-state index in [1.807, 2.05) is 18.2 Å². The van der Waals surface area contributed by atoms with Gasteiger partial charge in [0.2, 0.25) is 0 Å². The van der Waals surface area contributed by atoms with Crippen molar-refractivity contribution in [2.75, 3.05) is 20.5 Å². The van der Waals surface area contributed by atoms with Crippen LogP contribution >= 0.6 is 0 Å². The van der Waals surface area contributed by atoms with E-state index in [-0.39, 0.29) is 17.6 Å². The standard InChI is InChI=1S/C30H40O5/c1-7-8-9-16-34-27-19-25-24(29(2,3)14-15-30(25,4)5)18-23(27)22-17-21(11-13-28(31)32)10-12-26(22)35-20-33-6/h10-13,17-19H,7-9,14-16,20H2,1-6H3,(H,31,32). The van der Waals surface area contributed by atoms with Gasteiger partial charge in [-0.2, -0.15) is 0 Å². The van der Waals surface area contributed by atoms with E-state index in [1.54, 1.807) is 13.2 Å². The smallest absolute Gasteiger partial charge is 0.328 e. The molecule has 5 heteroatoms. The maximum absolute atomic E-state index is 11.1. The summed E-state index contributed by atoms with van der Waals surface area (Å²) in [7, 11) is 1.59. The van der Waals surface area contributed by atoms with Crippen LogP contribution in [0, 0.1) is 0 Å². The summed E-state index contributed by atoms with van der Waals surface area (Å²) in [5.74, 6) is 0.529. The zero-order valence-corrected chi connectivity index (χ0v) is 22.1. The largest absolute Gasteiger partial charge is 0.493 e. The minimum atomic E-state index is -0.982. The molecule has 5 nitrogen and oxygen atoms in total. The molecule has 190 valence electrons. The second kappa shape index (κ2) is 11.3. The third kappa shape index (κ3) is 6.46. The lowest BCUT2D eigenvalue weighted by molar-refractivity contribution is -0.131. The van der Waals surface area contributed by atoms with E-state index in [2.05, 4.69) is 46.8 Å². The van der Waals surface area contributed by atoms with E-state index < -0.39 is 5.97 Å². The Kier molecular flexibility index (Phi) is 8.65. The molecular weight excluding hydrogens is 440 g/mol. The van der Waals surface area contributed by atoms with Gasteiger partial charge in [-0.15, -0.1) is 0 Å². The second-order valence-corrected chi connectivity index (χ2v) is 10.7. The number of carboxylic acids is 1. The van der Waals surface area contributed by atoms with Crippen molar-refractivity contribution < 1.29 is 24.1 Å². The second-order valence-electron chi connectivity index (χ2n) is 10.7. The van der Waals surface area contributed by atoms with E-state index in [9.17, 15) is 4.79 Å². The Bertz CT molecular complexity index is 1060. The fraction of sp³-hybridized carbons (Fsp3) is 0.500. The Hall–Kier alpha value is -2.79. The molecule has 1 aliphatic carbocycles. The Morgan fingerprint density at radius 1 is 0.943 bits per heavy atom. The molecule has 0 atom stereocenters. The fourth-order valence-electron chi connectivity index (χ4n) is 4.74. The number of fused-ring (bicyclic) bond motifs is 1. The van der Waals surface area contributed by atoms with Crippen LogP contribution in [0.1, 0.15) is 83.4 Å². The maximum atomic E-state index is 11.1. The summed E-state index contributed by atoms with van der Waals surface area (Å²) in [6, 6.07) is 10.2. The van der Waals surface area contributed by atoms with Crippen molar-refractivity contribution in [3.8, 4) is 22.6 Å². The van der Waals surface area contributed by atoms with Crippen LogP contribution in [0.25, 0.3) is 17.2 Å². The van der Waals surface area contributed by atoms with Crippen molar-refractivity contribution in [1.82, 2.24) is 0 Å². The zero-order chi connectivity index (χ0) is 25.6. The van der Waals surface area contributed by atoms with Gasteiger partial charge in [-0.3, -0.25) is 0 Å². The molecule has 0 aromatic heterocycles. The third-order valence-corrected chi connectivity index (χ3v) is 7.00. The van der Waals surface area contributed by atoms with E-state index in [0.717, 1.165) is 60.6 Å². The number of carbonyl (C=O) groups is 1. The van der Waals surface area contributed by atoms with Gasteiger partial charge in [0.05, 0.1) is 6.61 Å². The van der Waals surface area contributed by atoms with Gasteiger partial charge >= 0.3 is 5.97 Å². The fourth-order valence-corrected chi connectivity index (χ4v) is 4.74. The first-order valence-corrected chi connectivity index (χ1v) is 12.6. The highest BCUT2D eigenvalue weighted by atomic mass is 16.7. The molecule has 0 saturated heterocycles. The summed E-state index contributed by atoms with van der Waals surface area (Å²) in [5.41, 5.74) is 5.37. The van der Waals surface area contributed by atoms with Gasteiger partial charge < -0.3 is 19.3 Å². The van der Waals surface area contributed by atoms with Crippen LogP contribution in [0.4, 0.5) is 0 Å². The first-order chi connectivity index (χ1) is 16.6. The normalized spacial score (nSPS) is 16.2. The van der Waals surface area contributed by atoms with Gasteiger partial charge in [0.1, 0.15) is 11.5 Å². The number of ether oxygens (including phenoxy) is 3. The van der Waals surface area contributed by atoms with Crippen LogP contribution in [0.15, 0.2) is 36.4 Å². The number of hydrogen-bond acceptors (Lipinski definition) is 4. The Labute approximate surface area is 210 Å². The predicted molar refractivity (Wildman–Crippen MR) is 141 cm³/mol. The third-order valence-electron chi connectivity index (χ3n) is 7.00. The Morgan fingerprint density at radius 3 is 2.23 bits per heavy atom. The van der Waals surface area contributed by atoms with Crippen molar-refractivity contribution in [2.45, 2.75) is 77.6 Å². The topological polar surface area (TPSA) is 65.0 Å². The average Bonchev–Trinajstić information content (AvgIpc) is 2.82. The van der Waals surface area contributed by atoms with Crippen LogP contribution in [-0.4, -0.2) is 31.6 Å². The zero-order valence-electron chi connectivity index (χ0n) is 22.1. The van der Waals surface area contributed by atoms with Crippen LogP contribution in [0.5, 0.6) is 11.5 Å². The summed E-state index contributed by atoms with van der Waals surface area (Å²) < 4.78 is 17.5. The minimum Gasteiger partial charge on any atom is -0.493 e. The van der Waals surface area contributed by atoms with Gasteiger partial charge in [-0.25, -0.2) is 4.79 Å². The molecule has 1 N–H and O–H groups in total. The van der Waals surface area contributed by atoms with Gasteiger partial charge in [0.15, 0.2) is 6.79 Å². The SMILES string of the molecule is CCCCCOc1cc2c(cc1-c1cc(C=CC(=O)O)ccc1OCOC)C(C)(C)CCC2(C)C. The Balaban J connectivity index is 2.22. The van der Waals surface area contributed by atoms with Crippen molar-refractivity contribution in [2.24, 2.45) is 0 Å².